The topological polar surface area (TPSA) is 95.3 Å². The van der Waals surface area contributed by atoms with E-state index < -0.39 is 17.1 Å². The van der Waals surface area contributed by atoms with Gasteiger partial charge in [-0.15, -0.1) is 0 Å². The highest BCUT2D eigenvalue weighted by Crippen LogP contribution is 2.32. The van der Waals surface area contributed by atoms with E-state index in [2.05, 4.69) is 18.9 Å². The first-order valence-electron chi connectivity index (χ1n) is 8.54. The second kappa shape index (κ2) is 6.34. The Morgan fingerprint density at radius 2 is 1.58 bits per heavy atom. The number of fused-ring (bicyclic) bond motifs is 1. The van der Waals surface area contributed by atoms with E-state index in [1.54, 1.807) is 0 Å². The first-order valence-corrected chi connectivity index (χ1v) is 8.54. The number of aromatic hydroxyl groups is 2. The molecule has 6 nitrogen and oxygen atoms in total. The fourth-order valence-corrected chi connectivity index (χ4v) is 3.90. The van der Waals surface area contributed by atoms with Crippen LogP contribution in [0.2, 0.25) is 0 Å². The fourth-order valence-electron chi connectivity index (χ4n) is 3.90. The summed E-state index contributed by atoms with van der Waals surface area (Å²) in [7, 11) is 0. The zero-order chi connectivity index (χ0) is 17.4. The molecular weight excluding hydrogens is 308 g/mol. The van der Waals surface area contributed by atoms with Crippen LogP contribution in [-0.4, -0.2) is 20.0 Å². The normalized spacial score (nSPS) is 24.8. The summed E-state index contributed by atoms with van der Waals surface area (Å²) in [5.41, 5.74) is -0.779. The summed E-state index contributed by atoms with van der Waals surface area (Å²) < 4.78 is 1.36. The minimum Gasteiger partial charge on any atom is -0.504 e. The molecule has 1 unspecified atom stereocenters. The summed E-state index contributed by atoms with van der Waals surface area (Å²) >= 11 is 0. The number of H-pyrrole nitrogens is 1. The van der Waals surface area contributed by atoms with Gasteiger partial charge in [-0.2, -0.15) is 0 Å². The number of hydrogen-bond donors (Lipinski definition) is 3. The molecule has 1 aromatic carbocycles. The van der Waals surface area contributed by atoms with Crippen LogP contribution in [0.25, 0.3) is 10.8 Å². The number of phenols is 2. The van der Waals surface area contributed by atoms with Gasteiger partial charge in [-0.25, -0.2) is 4.68 Å². The van der Waals surface area contributed by atoms with Crippen molar-refractivity contribution in [2.75, 3.05) is 0 Å². The largest absolute Gasteiger partial charge is 0.504 e. The van der Waals surface area contributed by atoms with Gasteiger partial charge < -0.3 is 10.2 Å². The van der Waals surface area contributed by atoms with E-state index in [1.807, 2.05) is 0 Å². The van der Waals surface area contributed by atoms with Gasteiger partial charge in [0, 0.05) is 6.54 Å². The lowest BCUT2D eigenvalue weighted by Gasteiger charge is -2.19. The molecule has 0 radical (unpaired) electrons. The highest BCUT2D eigenvalue weighted by Gasteiger charge is 2.23. The number of aromatic amines is 1. The maximum absolute atomic E-state index is 12.7. The van der Waals surface area contributed by atoms with E-state index in [9.17, 15) is 19.8 Å². The minimum absolute atomic E-state index is 0.0918. The minimum atomic E-state index is -0.436. The first-order chi connectivity index (χ1) is 11.3. The number of phenolic OH excluding ortho intramolecular Hbond substituents is 2. The molecule has 2 aromatic rings. The maximum atomic E-state index is 12.7. The van der Waals surface area contributed by atoms with Gasteiger partial charge in [0.05, 0.1) is 10.8 Å². The van der Waals surface area contributed by atoms with Gasteiger partial charge in [0.15, 0.2) is 11.5 Å². The Morgan fingerprint density at radius 3 is 2.17 bits per heavy atom. The molecule has 6 heteroatoms. The number of benzene rings is 1. The average Bonchev–Trinajstić information content (AvgIpc) is 2.67. The summed E-state index contributed by atoms with van der Waals surface area (Å²) in [5.74, 6) is 0.770. The lowest BCUT2D eigenvalue weighted by molar-refractivity contribution is 0.313. The van der Waals surface area contributed by atoms with Crippen molar-refractivity contribution in [2.45, 2.75) is 46.1 Å². The molecule has 1 fully saturated rings. The van der Waals surface area contributed by atoms with Crippen LogP contribution in [0.1, 0.15) is 39.5 Å². The summed E-state index contributed by atoms with van der Waals surface area (Å²) in [6.07, 6.45) is 4.48. The quantitative estimate of drug-likeness (QED) is 0.582. The molecule has 0 bridgehead atoms. The van der Waals surface area contributed by atoms with Crippen molar-refractivity contribution in [1.82, 2.24) is 9.78 Å². The van der Waals surface area contributed by atoms with E-state index in [-0.39, 0.29) is 16.3 Å². The van der Waals surface area contributed by atoms with Crippen LogP contribution in [0.4, 0.5) is 0 Å². The zero-order valence-corrected chi connectivity index (χ0v) is 14.1. The smallest absolute Gasteiger partial charge is 0.273 e. The van der Waals surface area contributed by atoms with Crippen molar-refractivity contribution in [3.05, 3.63) is 32.8 Å². The molecule has 1 aliphatic rings. The van der Waals surface area contributed by atoms with Gasteiger partial charge in [0.25, 0.3) is 11.1 Å². The Hall–Kier alpha value is -2.24. The second-order valence-electron chi connectivity index (χ2n) is 7.37. The number of nitrogens with zero attached hydrogens (tertiary/aromatic N) is 1. The van der Waals surface area contributed by atoms with Crippen LogP contribution in [0.3, 0.4) is 0 Å². The van der Waals surface area contributed by atoms with Gasteiger partial charge >= 0.3 is 0 Å². The molecule has 24 heavy (non-hydrogen) atoms. The third-order valence-electron chi connectivity index (χ3n) is 5.14. The second-order valence-corrected chi connectivity index (χ2v) is 7.37. The Bertz CT molecular complexity index is 856. The van der Waals surface area contributed by atoms with Crippen LogP contribution >= 0.6 is 0 Å². The summed E-state index contributed by atoms with van der Waals surface area (Å²) in [6.45, 7) is 4.94. The van der Waals surface area contributed by atoms with Crippen LogP contribution < -0.4 is 11.1 Å². The summed E-state index contributed by atoms with van der Waals surface area (Å²) in [4.78, 5) is 24.9. The third kappa shape index (κ3) is 3.18. The number of aromatic nitrogens is 2. The molecule has 1 aliphatic carbocycles. The fraction of sp³-hybridized carbons (Fsp3) is 0.556. The molecular formula is C18H24N2O4. The molecule has 0 spiro atoms. The summed E-state index contributed by atoms with van der Waals surface area (Å²) in [5, 5.41) is 22.0. The monoisotopic (exact) mass is 332 g/mol. The van der Waals surface area contributed by atoms with Gasteiger partial charge in [-0.3, -0.25) is 14.7 Å². The van der Waals surface area contributed by atoms with Gasteiger partial charge in [0.2, 0.25) is 0 Å². The molecule has 1 heterocycles. The van der Waals surface area contributed by atoms with Crippen molar-refractivity contribution >= 4 is 10.8 Å². The first kappa shape index (κ1) is 16.6. The highest BCUT2D eigenvalue weighted by molar-refractivity contribution is 5.84. The zero-order valence-electron chi connectivity index (χ0n) is 14.1. The molecule has 130 valence electrons. The van der Waals surface area contributed by atoms with Crippen molar-refractivity contribution in [3.8, 4) is 11.5 Å². The Labute approximate surface area is 139 Å². The van der Waals surface area contributed by atoms with Crippen molar-refractivity contribution in [1.29, 1.82) is 0 Å². The highest BCUT2D eigenvalue weighted by atomic mass is 16.3. The average molecular weight is 332 g/mol. The third-order valence-corrected chi connectivity index (χ3v) is 5.14. The Kier molecular flexibility index (Phi) is 4.39. The van der Waals surface area contributed by atoms with E-state index in [4.69, 9.17) is 0 Å². The van der Waals surface area contributed by atoms with Crippen LogP contribution in [0.5, 0.6) is 11.5 Å². The standard InChI is InChI=1S/C18H24N2O4/c1-10-3-4-11(2)6-12(5-10)9-20-18(24)14-8-16(22)15(21)7-13(14)17(23)19-20/h7-8,10-12,21-22H,3-6,9H2,1-2H3,(H,19,23)/t10-,11+,12?. The Morgan fingerprint density at radius 1 is 1.04 bits per heavy atom. The predicted octanol–water partition coefficient (Wildman–Crippen LogP) is 2.56. The van der Waals surface area contributed by atoms with E-state index in [1.165, 1.54) is 17.5 Å². The lowest BCUT2D eigenvalue weighted by atomic mass is 9.93. The van der Waals surface area contributed by atoms with Crippen molar-refractivity contribution < 1.29 is 10.2 Å². The molecule has 3 atom stereocenters. The van der Waals surface area contributed by atoms with Gasteiger partial charge in [-0.05, 0) is 42.7 Å². The molecule has 0 aliphatic heterocycles. The molecule has 0 amide bonds. The Balaban J connectivity index is 2.01. The van der Waals surface area contributed by atoms with E-state index in [0.717, 1.165) is 25.0 Å². The molecule has 1 aromatic heterocycles. The van der Waals surface area contributed by atoms with E-state index >= 15 is 0 Å². The number of rotatable bonds is 2. The van der Waals surface area contributed by atoms with E-state index in [0.29, 0.717) is 24.3 Å². The predicted molar refractivity (Wildman–Crippen MR) is 92.4 cm³/mol. The summed E-state index contributed by atoms with van der Waals surface area (Å²) in [6, 6.07) is 2.29. The van der Waals surface area contributed by atoms with Crippen molar-refractivity contribution in [3.63, 3.8) is 0 Å². The maximum Gasteiger partial charge on any atom is 0.273 e. The van der Waals surface area contributed by atoms with Crippen LogP contribution in [0, 0.1) is 17.8 Å². The SMILES string of the molecule is C[C@@H]1CC[C@H](C)CC(Cn2[nH]c(=O)c3cc(O)c(O)cc3c2=O)C1. The van der Waals surface area contributed by atoms with Crippen LogP contribution in [0.15, 0.2) is 21.7 Å². The molecule has 1 saturated carbocycles. The van der Waals surface area contributed by atoms with Gasteiger partial charge in [-0.1, -0.05) is 26.7 Å². The number of nitrogens with one attached hydrogen (secondary N) is 1. The molecule has 3 N–H and O–H groups in total. The lowest BCUT2D eigenvalue weighted by Crippen LogP contribution is -2.32. The molecule has 3 rings (SSSR count). The van der Waals surface area contributed by atoms with Crippen molar-refractivity contribution in [2.24, 2.45) is 17.8 Å². The molecule has 0 saturated heterocycles. The number of hydrogen-bond acceptors (Lipinski definition) is 4. The van der Waals surface area contributed by atoms with Gasteiger partial charge in [0.1, 0.15) is 0 Å². The van der Waals surface area contributed by atoms with Crippen LogP contribution in [-0.2, 0) is 6.54 Å².